The van der Waals surface area contributed by atoms with Crippen molar-refractivity contribution < 1.29 is 14.9 Å². The van der Waals surface area contributed by atoms with Crippen LogP contribution in [0.4, 0.5) is 0 Å². The van der Waals surface area contributed by atoms with Gasteiger partial charge in [-0.2, -0.15) is 0 Å². The molecule has 0 aliphatic rings. The molecule has 2 N–H and O–H groups in total. The van der Waals surface area contributed by atoms with E-state index >= 15 is 0 Å². The van der Waals surface area contributed by atoms with Gasteiger partial charge in [0.25, 0.3) is 0 Å². The standard InChI is InChI=1S/C24H50O.C2H6O2.10C2H4/c1-3-5-7-9-11-13-15-17-19-21-23-25-24-22-20-18-16-14-12-10-8-6-4-2;3-1-2-4;10*1-2/h3-24H2,1-2H3;3-4H,1-2H2;10*1-2H2. The Balaban J connectivity index is -0.0000000473. The molecule has 0 saturated heterocycles. The second-order valence-corrected chi connectivity index (χ2v) is 8.42. The number of ether oxygens (including phenoxy) is 1. The van der Waals surface area contributed by atoms with Gasteiger partial charge in [0.15, 0.2) is 0 Å². The van der Waals surface area contributed by atoms with E-state index in [1.165, 1.54) is 128 Å². The van der Waals surface area contributed by atoms with Gasteiger partial charge in [0.1, 0.15) is 0 Å². The molecule has 0 rings (SSSR count). The summed E-state index contributed by atoms with van der Waals surface area (Å²) in [6.45, 7) is 66.3. The second-order valence-electron chi connectivity index (χ2n) is 8.42. The van der Waals surface area contributed by atoms with Crippen molar-refractivity contribution in [2.24, 2.45) is 0 Å². The van der Waals surface area contributed by atoms with Crippen LogP contribution in [0.25, 0.3) is 0 Å². The highest BCUT2D eigenvalue weighted by Gasteiger charge is 1.95. The summed E-state index contributed by atoms with van der Waals surface area (Å²) in [5.74, 6) is 0. The summed E-state index contributed by atoms with van der Waals surface area (Å²) in [7, 11) is 0. The molecule has 0 amide bonds. The third kappa shape index (κ3) is 206. The molecule has 0 unspecified atom stereocenters. The van der Waals surface area contributed by atoms with E-state index in [-0.39, 0.29) is 13.2 Å². The lowest BCUT2D eigenvalue weighted by atomic mass is 10.1. The predicted octanol–water partition coefficient (Wildman–Crippen LogP) is 15.8. The number of hydrogen-bond acceptors (Lipinski definition) is 3. The molecule has 0 fully saturated rings. The Morgan fingerprint density at radius 3 is 0.551 bits per heavy atom. The van der Waals surface area contributed by atoms with E-state index in [2.05, 4.69) is 145 Å². The molecule has 0 aromatic heterocycles. The molecular formula is C46H96O3. The molecule has 0 saturated carbocycles. The molecule has 298 valence electrons. The monoisotopic (exact) mass is 697 g/mol. The van der Waals surface area contributed by atoms with E-state index in [0.29, 0.717) is 0 Å². The zero-order valence-corrected chi connectivity index (χ0v) is 34.4. The highest BCUT2D eigenvalue weighted by atomic mass is 16.5. The highest BCUT2D eigenvalue weighted by molar-refractivity contribution is 4.49. The maximum Gasteiger partial charge on any atom is 0.0662 e. The maximum absolute atomic E-state index is 7.62. The number of rotatable bonds is 23. The van der Waals surface area contributed by atoms with Gasteiger partial charge < -0.3 is 14.9 Å². The zero-order chi connectivity index (χ0) is 41.7. The minimum absolute atomic E-state index is 0.125. The van der Waals surface area contributed by atoms with E-state index in [1.54, 1.807) is 0 Å². The number of hydrogen-bond donors (Lipinski definition) is 2. The molecule has 0 radical (unpaired) electrons. The van der Waals surface area contributed by atoms with Crippen molar-refractivity contribution in [3.63, 3.8) is 0 Å². The van der Waals surface area contributed by atoms with Crippen molar-refractivity contribution >= 4 is 0 Å². The SMILES string of the molecule is C=C.C=C.C=C.C=C.C=C.C=C.C=C.C=C.C=C.C=C.CCCCCCCCCCCCOCCCCCCCCCCCC.OCCO. The van der Waals surface area contributed by atoms with E-state index in [4.69, 9.17) is 14.9 Å². The first-order valence-corrected chi connectivity index (χ1v) is 18.1. The summed E-state index contributed by atoms with van der Waals surface area (Å²) in [5.41, 5.74) is 0. The van der Waals surface area contributed by atoms with Gasteiger partial charge in [-0.25, -0.2) is 0 Å². The van der Waals surface area contributed by atoms with Crippen molar-refractivity contribution in [3.05, 3.63) is 132 Å². The molecule has 0 bridgehead atoms. The second kappa shape index (κ2) is 179. The van der Waals surface area contributed by atoms with Crippen LogP contribution in [0, 0.1) is 0 Å². The van der Waals surface area contributed by atoms with Crippen molar-refractivity contribution in [3.8, 4) is 0 Å². The van der Waals surface area contributed by atoms with Crippen LogP contribution < -0.4 is 0 Å². The van der Waals surface area contributed by atoms with Crippen LogP contribution in [0.5, 0.6) is 0 Å². The Labute approximate surface area is 314 Å². The Morgan fingerprint density at radius 1 is 0.265 bits per heavy atom. The lowest BCUT2D eigenvalue weighted by Crippen LogP contribution is -1.97. The van der Waals surface area contributed by atoms with E-state index in [9.17, 15) is 0 Å². The van der Waals surface area contributed by atoms with E-state index < -0.39 is 0 Å². The molecular weight excluding hydrogens is 601 g/mol. The zero-order valence-electron chi connectivity index (χ0n) is 34.4. The van der Waals surface area contributed by atoms with Crippen LogP contribution in [-0.4, -0.2) is 36.6 Å². The minimum Gasteiger partial charge on any atom is -0.394 e. The third-order valence-electron chi connectivity index (χ3n) is 5.38. The van der Waals surface area contributed by atoms with E-state index in [0.717, 1.165) is 13.2 Å². The normalized spacial score (nSPS) is 7.18. The Kier molecular flexibility index (Phi) is 295. The van der Waals surface area contributed by atoms with Crippen molar-refractivity contribution in [2.45, 2.75) is 142 Å². The average molecular weight is 697 g/mol. The Bertz CT molecular complexity index is 318. The fraction of sp³-hybridized carbons (Fsp3) is 0.565. The lowest BCUT2D eigenvalue weighted by molar-refractivity contribution is 0.125. The number of aliphatic hydroxyl groups excluding tert-OH is 2. The van der Waals surface area contributed by atoms with Crippen LogP contribution >= 0.6 is 0 Å². The van der Waals surface area contributed by atoms with Gasteiger partial charge in [0.2, 0.25) is 0 Å². The molecule has 0 aliphatic carbocycles. The first-order chi connectivity index (χ1) is 24.3. The summed E-state index contributed by atoms with van der Waals surface area (Å²) >= 11 is 0. The molecule has 0 spiro atoms. The van der Waals surface area contributed by atoms with Gasteiger partial charge in [0.05, 0.1) is 13.2 Å². The van der Waals surface area contributed by atoms with Crippen molar-refractivity contribution in [1.29, 1.82) is 0 Å². The molecule has 49 heavy (non-hydrogen) atoms. The largest absolute Gasteiger partial charge is 0.394 e. The first kappa shape index (κ1) is 80.7. The molecule has 3 nitrogen and oxygen atoms in total. The van der Waals surface area contributed by atoms with Crippen LogP contribution in [-0.2, 0) is 4.74 Å². The van der Waals surface area contributed by atoms with Crippen LogP contribution in [0.15, 0.2) is 132 Å². The lowest BCUT2D eigenvalue weighted by Gasteiger charge is -2.05. The van der Waals surface area contributed by atoms with Crippen LogP contribution in [0.2, 0.25) is 0 Å². The fourth-order valence-electron chi connectivity index (χ4n) is 3.49. The molecule has 0 aromatic carbocycles. The summed E-state index contributed by atoms with van der Waals surface area (Å²) in [6.07, 6.45) is 28.2. The molecule has 0 heterocycles. The van der Waals surface area contributed by atoms with Crippen molar-refractivity contribution in [1.82, 2.24) is 0 Å². The maximum atomic E-state index is 7.62. The van der Waals surface area contributed by atoms with Gasteiger partial charge in [-0.3, -0.25) is 0 Å². The number of aliphatic hydroxyl groups is 2. The smallest absolute Gasteiger partial charge is 0.0662 e. The van der Waals surface area contributed by atoms with Crippen LogP contribution in [0.1, 0.15) is 142 Å². The molecule has 0 aliphatic heterocycles. The first-order valence-electron chi connectivity index (χ1n) is 18.1. The van der Waals surface area contributed by atoms with Gasteiger partial charge >= 0.3 is 0 Å². The van der Waals surface area contributed by atoms with E-state index in [1.807, 2.05) is 0 Å². The topological polar surface area (TPSA) is 49.7 Å². The molecule has 3 heteroatoms. The summed E-state index contributed by atoms with van der Waals surface area (Å²) in [6, 6.07) is 0. The fourth-order valence-corrected chi connectivity index (χ4v) is 3.49. The molecule has 0 aromatic rings. The average Bonchev–Trinajstić information content (AvgIpc) is 3.23. The highest BCUT2D eigenvalue weighted by Crippen LogP contribution is 2.12. The Morgan fingerprint density at radius 2 is 0.408 bits per heavy atom. The van der Waals surface area contributed by atoms with Gasteiger partial charge in [-0.1, -0.05) is 129 Å². The van der Waals surface area contributed by atoms with Gasteiger partial charge in [-0.05, 0) is 12.8 Å². The van der Waals surface area contributed by atoms with Gasteiger partial charge in [0, 0.05) is 13.2 Å². The number of unbranched alkanes of at least 4 members (excludes halogenated alkanes) is 18. The quantitative estimate of drug-likeness (QED) is 0.0826. The minimum atomic E-state index is -0.125. The Hall–Kier alpha value is -2.72. The van der Waals surface area contributed by atoms with Gasteiger partial charge in [-0.15, -0.1) is 132 Å². The summed E-state index contributed by atoms with van der Waals surface area (Å²) in [4.78, 5) is 0. The third-order valence-corrected chi connectivity index (χ3v) is 5.38. The summed E-state index contributed by atoms with van der Waals surface area (Å²) < 4.78 is 5.78. The predicted molar refractivity (Wildman–Crippen MR) is 241 cm³/mol. The van der Waals surface area contributed by atoms with Crippen LogP contribution in [0.3, 0.4) is 0 Å². The van der Waals surface area contributed by atoms with Crippen molar-refractivity contribution in [2.75, 3.05) is 26.4 Å². The summed E-state index contributed by atoms with van der Waals surface area (Å²) in [5, 5.41) is 15.2. The molecule has 0 atom stereocenters.